The highest BCUT2D eigenvalue weighted by molar-refractivity contribution is 6.01. The van der Waals surface area contributed by atoms with Crippen molar-refractivity contribution in [2.75, 3.05) is 5.32 Å². The predicted octanol–water partition coefficient (Wildman–Crippen LogP) is 6.24. The smallest absolute Gasteiger partial charge is 0.258 e. The van der Waals surface area contributed by atoms with Crippen molar-refractivity contribution in [3.63, 3.8) is 0 Å². The van der Waals surface area contributed by atoms with Crippen LogP contribution in [0, 0.1) is 13.8 Å². The van der Waals surface area contributed by atoms with Gasteiger partial charge in [0.15, 0.2) is 0 Å². The molecule has 5 heteroatoms. The summed E-state index contributed by atoms with van der Waals surface area (Å²) >= 11 is 0. The van der Waals surface area contributed by atoms with E-state index in [9.17, 15) is 4.79 Å². The van der Waals surface area contributed by atoms with Gasteiger partial charge in [-0.05, 0) is 66.4 Å². The molecule has 1 amide bonds. The van der Waals surface area contributed by atoms with Crippen LogP contribution >= 0.6 is 0 Å². The molecule has 5 nitrogen and oxygen atoms in total. The Morgan fingerprint density at radius 2 is 1.73 bits per heavy atom. The summed E-state index contributed by atoms with van der Waals surface area (Å²) in [5.74, 6) is 1.63. The molecule has 5 rings (SSSR count). The highest BCUT2D eigenvalue weighted by atomic mass is 16.5. The molecule has 2 heterocycles. The molecule has 0 saturated heterocycles. The maximum atomic E-state index is 13.4. The van der Waals surface area contributed by atoms with Crippen LogP contribution < -0.4 is 10.1 Å². The SMILES string of the molecule is Cc1cccc(C)c1OCc1cccc(C2Nc3ccccc3C(=O)N2Cc2ccco2)c1. The number of amides is 1. The van der Waals surface area contributed by atoms with Crippen molar-refractivity contribution in [1.29, 1.82) is 0 Å². The molecule has 1 aliphatic rings. The maximum Gasteiger partial charge on any atom is 0.258 e. The highest BCUT2D eigenvalue weighted by Gasteiger charge is 2.33. The number of furan rings is 1. The standard InChI is InChI=1S/C28H26N2O3/c1-19-8-5-9-20(2)26(19)33-18-21-10-6-11-22(16-21)27-29-25-14-4-3-13-24(25)28(31)30(27)17-23-12-7-15-32-23/h3-16,27,29H,17-18H2,1-2H3. The van der Waals surface area contributed by atoms with E-state index in [2.05, 4.69) is 37.4 Å². The van der Waals surface area contributed by atoms with Crippen LogP contribution in [0.25, 0.3) is 0 Å². The lowest BCUT2D eigenvalue weighted by Crippen LogP contribution is -2.42. The van der Waals surface area contributed by atoms with Crippen molar-refractivity contribution in [1.82, 2.24) is 4.90 Å². The Balaban J connectivity index is 1.44. The summed E-state index contributed by atoms with van der Waals surface area (Å²) in [6.45, 7) is 4.94. The van der Waals surface area contributed by atoms with Crippen LogP contribution in [-0.2, 0) is 13.2 Å². The molecule has 0 spiro atoms. The molecule has 1 unspecified atom stereocenters. The number of carbonyl (C=O) groups is 1. The Morgan fingerprint density at radius 1 is 0.939 bits per heavy atom. The van der Waals surface area contributed by atoms with Crippen LogP contribution in [0.5, 0.6) is 5.75 Å². The Labute approximate surface area is 193 Å². The summed E-state index contributed by atoms with van der Waals surface area (Å²) in [5, 5.41) is 3.55. The van der Waals surface area contributed by atoms with E-state index in [1.165, 1.54) is 0 Å². The molecule has 0 saturated carbocycles. The minimum atomic E-state index is -0.322. The minimum Gasteiger partial charge on any atom is -0.488 e. The second-order valence-electron chi connectivity index (χ2n) is 8.36. The summed E-state index contributed by atoms with van der Waals surface area (Å²) < 4.78 is 11.7. The molecular weight excluding hydrogens is 412 g/mol. The number of hydrogen-bond acceptors (Lipinski definition) is 4. The van der Waals surface area contributed by atoms with Crippen LogP contribution in [0.4, 0.5) is 5.69 Å². The van der Waals surface area contributed by atoms with Crippen LogP contribution in [0.2, 0.25) is 0 Å². The van der Waals surface area contributed by atoms with Crippen molar-refractivity contribution in [2.45, 2.75) is 33.2 Å². The van der Waals surface area contributed by atoms with E-state index < -0.39 is 0 Å². The third-order valence-corrected chi connectivity index (χ3v) is 5.99. The van der Waals surface area contributed by atoms with Crippen molar-refractivity contribution >= 4 is 11.6 Å². The summed E-state index contributed by atoms with van der Waals surface area (Å²) in [6.07, 6.45) is 1.31. The van der Waals surface area contributed by atoms with E-state index in [1.807, 2.05) is 65.6 Å². The number of fused-ring (bicyclic) bond motifs is 1. The predicted molar refractivity (Wildman–Crippen MR) is 128 cm³/mol. The Hall–Kier alpha value is -3.99. The second kappa shape index (κ2) is 8.87. The highest BCUT2D eigenvalue weighted by Crippen LogP contribution is 2.34. The van der Waals surface area contributed by atoms with E-state index in [-0.39, 0.29) is 12.1 Å². The summed E-state index contributed by atoms with van der Waals surface area (Å²) in [5.41, 5.74) is 5.77. The van der Waals surface area contributed by atoms with E-state index in [4.69, 9.17) is 9.15 Å². The Morgan fingerprint density at radius 3 is 2.52 bits per heavy atom. The topological polar surface area (TPSA) is 54.7 Å². The zero-order chi connectivity index (χ0) is 22.8. The molecule has 1 atom stereocenters. The van der Waals surface area contributed by atoms with Gasteiger partial charge in [0, 0.05) is 5.69 Å². The number of rotatable bonds is 6. The lowest BCUT2D eigenvalue weighted by atomic mass is 10.0. The number of carbonyl (C=O) groups excluding carboxylic acids is 1. The molecule has 1 aromatic heterocycles. The Kier molecular flexibility index (Phi) is 5.61. The van der Waals surface area contributed by atoms with Gasteiger partial charge in [-0.15, -0.1) is 0 Å². The number of hydrogen-bond donors (Lipinski definition) is 1. The molecule has 0 fully saturated rings. The van der Waals surface area contributed by atoms with E-state index in [0.29, 0.717) is 18.7 Å². The third kappa shape index (κ3) is 4.22. The minimum absolute atomic E-state index is 0.0251. The fourth-order valence-corrected chi connectivity index (χ4v) is 4.32. The van der Waals surface area contributed by atoms with Gasteiger partial charge >= 0.3 is 0 Å². The normalized spacial score (nSPS) is 15.2. The molecule has 0 bridgehead atoms. The number of aryl methyl sites for hydroxylation is 2. The molecule has 33 heavy (non-hydrogen) atoms. The van der Waals surface area contributed by atoms with Gasteiger partial charge in [0.05, 0.1) is 18.4 Å². The van der Waals surface area contributed by atoms with Gasteiger partial charge in [-0.2, -0.15) is 0 Å². The molecule has 1 N–H and O–H groups in total. The van der Waals surface area contributed by atoms with Gasteiger partial charge < -0.3 is 19.4 Å². The molecular formula is C28H26N2O3. The van der Waals surface area contributed by atoms with Crippen molar-refractivity contribution in [2.24, 2.45) is 0 Å². The van der Waals surface area contributed by atoms with Gasteiger partial charge in [0.25, 0.3) is 5.91 Å². The number of anilines is 1. The van der Waals surface area contributed by atoms with Crippen molar-refractivity contribution in [3.8, 4) is 5.75 Å². The van der Waals surface area contributed by atoms with Gasteiger partial charge in [0.2, 0.25) is 0 Å². The van der Waals surface area contributed by atoms with Gasteiger partial charge in [-0.1, -0.05) is 48.5 Å². The van der Waals surface area contributed by atoms with Gasteiger partial charge in [0.1, 0.15) is 24.3 Å². The monoisotopic (exact) mass is 438 g/mol. The number of benzene rings is 3. The summed E-state index contributed by atoms with van der Waals surface area (Å²) in [6, 6.07) is 25.7. The van der Waals surface area contributed by atoms with E-state index in [1.54, 1.807) is 6.26 Å². The second-order valence-corrected chi connectivity index (χ2v) is 8.36. The third-order valence-electron chi connectivity index (χ3n) is 5.99. The molecule has 0 aliphatic carbocycles. The number of ether oxygens (including phenoxy) is 1. The fourth-order valence-electron chi connectivity index (χ4n) is 4.32. The molecule has 166 valence electrons. The van der Waals surface area contributed by atoms with E-state index in [0.717, 1.165) is 39.5 Å². The Bertz CT molecular complexity index is 1260. The fraction of sp³-hybridized carbons (Fsp3) is 0.179. The first-order valence-electron chi connectivity index (χ1n) is 11.1. The number of nitrogens with one attached hydrogen (secondary N) is 1. The van der Waals surface area contributed by atoms with Crippen LogP contribution in [0.1, 0.15) is 44.5 Å². The first-order chi connectivity index (χ1) is 16.1. The summed E-state index contributed by atoms with van der Waals surface area (Å²) in [4.78, 5) is 15.2. The molecule has 0 radical (unpaired) electrons. The largest absolute Gasteiger partial charge is 0.488 e. The zero-order valence-corrected chi connectivity index (χ0v) is 18.7. The first-order valence-corrected chi connectivity index (χ1v) is 11.1. The number of para-hydroxylation sites is 2. The van der Waals surface area contributed by atoms with Crippen LogP contribution in [0.3, 0.4) is 0 Å². The maximum absolute atomic E-state index is 13.4. The lowest BCUT2D eigenvalue weighted by Gasteiger charge is -2.37. The van der Waals surface area contributed by atoms with Crippen molar-refractivity contribution in [3.05, 3.63) is 119 Å². The summed E-state index contributed by atoms with van der Waals surface area (Å²) in [7, 11) is 0. The van der Waals surface area contributed by atoms with Gasteiger partial charge in [-0.3, -0.25) is 4.79 Å². The van der Waals surface area contributed by atoms with Crippen LogP contribution in [0.15, 0.2) is 89.5 Å². The zero-order valence-electron chi connectivity index (χ0n) is 18.7. The average molecular weight is 439 g/mol. The first kappa shape index (κ1) is 20.9. The quantitative estimate of drug-likeness (QED) is 0.387. The van der Waals surface area contributed by atoms with Gasteiger partial charge in [-0.25, -0.2) is 0 Å². The number of nitrogens with zero attached hydrogens (tertiary/aromatic N) is 1. The molecule has 3 aromatic carbocycles. The van der Waals surface area contributed by atoms with Crippen molar-refractivity contribution < 1.29 is 13.9 Å². The van der Waals surface area contributed by atoms with Crippen LogP contribution in [-0.4, -0.2) is 10.8 Å². The van der Waals surface area contributed by atoms with E-state index >= 15 is 0 Å². The lowest BCUT2D eigenvalue weighted by molar-refractivity contribution is 0.0651. The molecule has 4 aromatic rings. The molecule has 1 aliphatic heterocycles. The average Bonchev–Trinajstić information content (AvgIpc) is 3.34.